The highest BCUT2D eigenvalue weighted by Gasteiger charge is 2.56. The van der Waals surface area contributed by atoms with Crippen molar-refractivity contribution in [2.45, 2.75) is 123 Å². The summed E-state index contributed by atoms with van der Waals surface area (Å²) in [4.78, 5) is 46.7. The SMILES string of the molecule is COC1NC1C(O)C(OC1OC(C(=O)O)C(O[C@@H]2O[C@@H](C(=O)O)C(OC(OC)C(O)C(O)C(O)CC(=O)O)C(O)C2O)C(O)C1N)C(O)C(=O)O. The number of nitrogens with two attached hydrogens (primary N) is 1. The average Bonchev–Trinajstić information content (AvgIpc) is 3.86. The lowest BCUT2D eigenvalue weighted by molar-refractivity contribution is -0.357. The van der Waals surface area contributed by atoms with Crippen LogP contribution in [0.1, 0.15) is 6.42 Å². The number of hydrogen-bond acceptors (Lipinski definition) is 21. The third kappa shape index (κ3) is 9.80. The predicted molar refractivity (Wildman–Crippen MR) is 152 cm³/mol. The van der Waals surface area contributed by atoms with Gasteiger partial charge in [-0.3, -0.25) is 10.1 Å². The highest BCUT2D eigenvalue weighted by atomic mass is 16.8. The van der Waals surface area contributed by atoms with Gasteiger partial charge in [-0.25, -0.2) is 14.4 Å². The van der Waals surface area contributed by atoms with Gasteiger partial charge in [0.05, 0.1) is 24.6 Å². The molecule has 3 rings (SSSR count). The lowest BCUT2D eigenvalue weighted by Crippen LogP contribution is -2.68. The molecule has 0 aromatic heterocycles. The molecule has 0 spiro atoms. The summed E-state index contributed by atoms with van der Waals surface area (Å²) in [6, 6.07) is -2.80. The van der Waals surface area contributed by atoms with Gasteiger partial charge in [-0.2, -0.15) is 0 Å². The summed E-state index contributed by atoms with van der Waals surface area (Å²) in [5.74, 6) is -7.22. The third-order valence-corrected chi connectivity index (χ3v) is 8.26. The fourth-order valence-electron chi connectivity index (χ4n) is 5.39. The van der Waals surface area contributed by atoms with E-state index in [2.05, 4.69) is 5.32 Å². The average molecular weight is 751 g/mol. The quantitative estimate of drug-likeness (QED) is 0.0430. The van der Waals surface area contributed by atoms with Gasteiger partial charge in [0.1, 0.15) is 61.2 Å². The number of carbonyl (C=O) groups is 4. The van der Waals surface area contributed by atoms with E-state index in [4.69, 9.17) is 44.0 Å². The van der Waals surface area contributed by atoms with Crippen LogP contribution in [0.4, 0.5) is 0 Å². The van der Waals surface area contributed by atoms with Gasteiger partial charge in [0.25, 0.3) is 0 Å². The molecular weight excluding hydrogens is 708 g/mol. The highest BCUT2D eigenvalue weighted by molar-refractivity contribution is 5.74. The van der Waals surface area contributed by atoms with Crippen molar-refractivity contribution >= 4 is 23.9 Å². The Morgan fingerprint density at radius 1 is 0.784 bits per heavy atom. The predicted octanol–water partition coefficient (Wildman–Crippen LogP) is -8.55. The van der Waals surface area contributed by atoms with Crippen molar-refractivity contribution in [3.8, 4) is 0 Å². The largest absolute Gasteiger partial charge is 0.481 e. The van der Waals surface area contributed by atoms with Crippen LogP contribution in [-0.4, -0.2) is 216 Å². The Morgan fingerprint density at radius 2 is 1.35 bits per heavy atom. The molecule has 25 heteroatoms. The van der Waals surface area contributed by atoms with Crippen molar-refractivity contribution in [3.05, 3.63) is 0 Å². The van der Waals surface area contributed by atoms with E-state index in [9.17, 15) is 75.3 Å². The zero-order valence-corrected chi connectivity index (χ0v) is 26.6. The number of rotatable bonds is 19. The normalized spacial score (nSPS) is 38.0. The van der Waals surface area contributed by atoms with Crippen LogP contribution in [0.3, 0.4) is 0 Å². The van der Waals surface area contributed by atoms with Crippen LogP contribution < -0.4 is 11.1 Å². The molecule has 3 saturated heterocycles. The second-order valence-corrected chi connectivity index (χ2v) is 11.8. The molecular formula is C26H42N2O23. The Kier molecular flexibility index (Phi) is 14.9. The van der Waals surface area contributed by atoms with Gasteiger partial charge < -0.3 is 100 Å². The first-order chi connectivity index (χ1) is 23.8. The smallest absolute Gasteiger partial charge is 0.335 e. The zero-order chi connectivity index (χ0) is 38.6. The number of hydrogen-bond donors (Lipinski definition) is 14. The molecule has 19 atom stereocenters. The summed E-state index contributed by atoms with van der Waals surface area (Å²) in [7, 11) is 2.13. The number of aliphatic carboxylic acids is 4. The maximum atomic E-state index is 12.2. The first kappa shape index (κ1) is 42.6. The summed E-state index contributed by atoms with van der Waals surface area (Å²) >= 11 is 0. The molecule has 0 aromatic carbocycles. The number of aliphatic hydroxyl groups excluding tert-OH is 8. The fourth-order valence-corrected chi connectivity index (χ4v) is 5.39. The van der Waals surface area contributed by atoms with Crippen molar-refractivity contribution in [1.82, 2.24) is 5.32 Å². The summed E-state index contributed by atoms with van der Waals surface area (Å²) in [6.45, 7) is 0. The molecule has 294 valence electrons. The Bertz CT molecular complexity index is 1210. The number of nitrogens with one attached hydrogen (secondary N) is 1. The van der Waals surface area contributed by atoms with E-state index in [-0.39, 0.29) is 0 Å². The topological polar surface area (TPSA) is 424 Å². The third-order valence-electron chi connectivity index (χ3n) is 8.26. The summed E-state index contributed by atoms with van der Waals surface area (Å²) in [5, 5.41) is 124. The summed E-state index contributed by atoms with van der Waals surface area (Å²) < 4.78 is 36.3. The minimum atomic E-state index is -2.43. The zero-order valence-electron chi connectivity index (χ0n) is 26.6. The monoisotopic (exact) mass is 750 g/mol. The molecule has 0 radical (unpaired) electrons. The van der Waals surface area contributed by atoms with Crippen LogP contribution >= 0.6 is 0 Å². The van der Waals surface area contributed by atoms with E-state index < -0.39 is 147 Å². The van der Waals surface area contributed by atoms with Gasteiger partial charge >= 0.3 is 23.9 Å². The summed E-state index contributed by atoms with van der Waals surface area (Å²) in [6.07, 6.45) is -36.9. The molecule has 51 heavy (non-hydrogen) atoms. The van der Waals surface area contributed by atoms with Crippen molar-refractivity contribution in [2.24, 2.45) is 5.73 Å². The van der Waals surface area contributed by atoms with Crippen molar-refractivity contribution in [1.29, 1.82) is 0 Å². The maximum Gasteiger partial charge on any atom is 0.335 e. The van der Waals surface area contributed by atoms with Gasteiger partial charge in [0.2, 0.25) is 0 Å². The molecule has 25 nitrogen and oxygen atoms in total. The van der Waals surface area contributed by atoms with Crippen molar-refractivity contribution in [2.75, 3.05) is 14.2 Å². The Morgan fingerprint density at radius 3 is 1.84 bits per heavy atom. The van der Waals surface area contributed by atoms with Crippen LogP contribution in [-0.2, 0) is 52.3 Å². The maximum absolute atomic E-state index is 12.2. The molecule has 3 fully saturated rings. The molecule has 3 aliphatic rings. The number of aliphatic hydroxyl groups is 8. The number of carboxylic acids is 4. The second-order valence-electron chi connectivity index (χ2n) is 11.8. The summed E-state index contributed by atoms with van der Waals surface area (Å²) in [5.41, 5.74) is 5.98. The molecule has 0 amide bonds. The second kappa shape index (κ2) is 17.8. The first-order valence-corrected chi connectivity index (χ1v) is 15.0. The number of methoxy groups -OCH3 is 2. The van der Waals surface area contributed by atoms with E-state index in [0.29, 0.717) is 0 Å². The molecule has 0 saturated carbocycles. The first-order valence-electron chi connectivity index (χ1n) is 15.0. The van der Waals surface area contributed by atoms with Crippen molar-refractivity contribution in [3.63, 3.8) is 0 Å². The van der Waals surface area contributed by atoms with Gasteiger partial charge in [-0.05, 0) is 0 Å². The van der Waals surface area contributed by atoms with E-state index >= 15 is 0 Å². The lowest BCUT2D eigenvalue weighted by atomic mass is 9.95. The van der Waals surface area contributed by atoms with Gasteiger partial charge in [-0.15, -0.1) is 0 Å². The molecule has 3 heterocycles. The van der Waals surface area contributed by atoms with Crippen LogP contribution in [0.5, 0.6) is 0 Å². The van der Waals surface area contributed by atoms with E-state index in [1.54, 1.807) is 0 Å². The van der Waals surface area contributed by atoms with Crippen LogP contribution in [0.15, 0.2) is 0 Å². The molecule has 15 N–H and O–H groups in total. The fraction of sp³-hybridized carbons (Fsp3) is 0.846. The number of ether oxygens (including phenoxy) is 7. The molecule has 0 aliphatic carbocycles. The Balaban J connectivity index is 1.79. The Labute approximate surface area is 286 Å². The standard InChI is InChI=1S/C26H42N2O23/c1-45-20-7(28-20)10(34)15(14(38)21(39)40)47-24-6(27)9(33)16(18(50-24)22(41)42)49-26-13(37)11(35)17(19(51-26)23(43)44)48-25(46-2)12(36)8(32)4(29)3-5(30)31/h4,6-20,24-26,28-29,32-38H,3,27H2,1-2H3,(H,30,31)(H,39,40)(H,41,42)(H,43,44)/t4?,6?,7?,8?,9?,10?,11?,12?,13?,14?,15?,16?,17?,18?,19-,20?,24?,25?,26-/m1/s1. The van der Waals surface area contributed by atoms with Gasteiger partial charge in [0.15, 0.2) is 37.2 Å². The minimum Gasteiger partial charge on any atom is -0.481 e. The van der Waals surface area contributed by atoms with Crippen LogP contribution in [0.25, 0.3) is 0 Å². The van der Waals surface area contributed by atoms with E-state index in [0.717, 1.165) is 7.11 Å². The molecule has 0 aromatic rings. The van der Waals surface area contributed by atoms with Crippen LogP contribution in [0.2, 0.25) is 0 Å². The molecule has 0 bridgehead atoms. The molecule has 17 unspecified atom stereocenters. The van der Waals surface area contributed by atoms with Gasteiger partial charge in [-0.1, -0.05) is 0 Å². The van der Waals surface area contributed by atoms with Crippen molar-refractivity contribution < 1.29 is 114 Å². The van der Waals surface area contributed by atoms with Crippen LogP contribution in [0, 0.1) is 0 Å². The minimum absolute atomic E-state index is 0.770. The highest BCUT2D eigenvalue weighted by Crippen LogP contribution is 2.33. The lowest BCUT2D eigenvalue weighted by Gasteiger charge is -2.46. The van der Waals surface area contributed by atoms with E-state index in [1.165, 1.54) is 7.11 Å². The number of carboxylic acid groups (broad SMARTS) is 4. The van der Waals surface area contributed by atoms with Gasteiger partial charge in [0, 0.05) is 14.2 Å². The Hall–Kier alpha value is -2.80. The van der Waals surface area contributed by atoms with E-state index in [1.807, 2.05) is 0 Å². The molecule has 3 aliphatic heterocycles.